The molecule has 1 aromatic rings. The molecule has 0 radical (unpaired) electrons. The fraction of sp³-hybridized carbons (Fsp3) is 0.500. The molecular weight excluding hydrogens is 226 g/mol. The molecule has 1 rings (SSSR count). The number of benzene rings is 1. The van der Waals surface area contributed by atoms with Crippen LogP contribution in [0.5, 0.6) is 0 Å². The van der Waals surface area contributed by atoms with Gasteiger partial charge in [0, 0.05) is 17.9 Å². The number of primary amides is 1. The van der Waals surface area contributed by atoms with Crippen molar-refractivity contribution in [1.82, 2.24) is 0 Å². The number of nitrogen functional groups attached to an aromatic ring is 1. The Labute approximate surface area is 109 Å². The lowest BCUT2D eigenvalue weighted by atomic mass is 9.81. The molecular formula is C14H23N3O. The van der Waals surface area contributed by atoms with E-state index in [4.69, 9.17) is 11.5 Å². The Morgan fingerprint density at radius 3 is 2.50 bits per heavy atom. The molecule has 0 fully saturated rings. The SMILES string of the molecule is CC(C)C(C)(C)CNc1cc(N)ccc1C(N)=O. The molecule has 4 heteroatoms. The van der Waals surface area contributed by atoms with Crippen LogP contribution in [0.15, 0.2) is 18.2 Å². The van der Waals surface area contributed by atoms with Crippen molar-refractivity contribution >= 4 is 17.3 Å². The van der Waals surface area contributed by atoms with Crippen LogP contribution in [0, 0.1) is 11.3 Å². The quantitative estimate of drug-likeness (QED) is 0.701. The Morgan fingerprint density at radius 2 is 2.00 bits per heavy atom. The monoisotopic (exact) mass is 249 g/mol. The minimum absolute atomic E-state index is 0.125. The van der Waals surface area contributed by atoms with Crippen molar-refractivity contribution in [1.29, 1.82) is 0 Å². The number of carbonyl (C=O) groups is 1. The Hall–Kier alpha value is -1.71. The average Bonchev–Trinajstić information content (AvgIpc) is 2.26. The number of anilines is 2. The van der Waals surface area contributed by atoms with Crippen molar-refractivity contribution < 1.29 is 4.79 Å². The topological polar surface area (TPSA) is 81.1 Å². The van der Waals surface area contributed by atoms with E-state index in [1.54, 1.807) is 18.2 Å². The number of carbonyl (C=O) groups excluding carboxylic acids is 1. The average molecular weight is 249 g/mol. The molecule has 4 nitrogen and oxygen atoms in total. The van der Waals surface area contributed by atoms with E-state index in [2.05, 4.69) is 33.0 Å². The summed E-state index contributed by atoms with van der Waals surface area (Å²) in [7, 11) is 0. The van der Waals surface area contributed by atoms with Crippen molar-refractivity contribution in [3.63, 3.8) is 0 Å². The highest BCUT2D eigenvalue weighted by Crippen LogP contribution is 2.27. The first-order valence-corrected chi connectivity index (χ1v) is 6.17. The summed E-state index contributed by atoms with van der Waals surface area (Å²) in [6.07, 6.45) is 0. The normalized spacial score (nSPS) is 11.6. The van der Waals surface area contributed by atoms with E-state index in [-0.39, 0.29) is 5.41 Å². The second-order valence-corrected chi connectivity index (χ2v) is 5.67. The van der Waals surface area contributed by atoms with Crippen molar-refractivity contribution in [2.24, 2.45) is 17.1 Å². The summed E-state index contributed by atoms with van der Waals surface area (Å²) in [5.41, 5.74) is 13.0. The lowest BCUT2D eigenvalue weighted by Gasteiger charge is -2.30. The predicted molar refractivity (Wildman–Crippen MR) is 76.5 cm³/mol. The maximum atomic E-state index is 11.3. The van der Waals surface area contributed by atoms with E-state index in [0.717, 1.165) is 6.54 Å². The zero-order valence-corrected chi connectivity index (χ0v) is 11.6. The largest absolute Gasteiger partial charge is 0.399 e. The van der Waals surface area contributed by atoms with Gasteiger partial charge in [-0.3, -0.25) is 4.79 Å². The van der Waals surface area contributed by atoms with Crippen LogP contribution in [0.4, 0.5) is 11.4 Å². The highest BCUT2D eigenvalue weighted by Gasteiger charge is 2.22. The number of amides is 1. The maximum Gasteiger partial charge on any atom is 0.250 e. The molecule has 0 aliphatic carbocycles. The standard InChI is InChI=1S/C14H23N3O/c1-9(2)14(3,4)8-17-12-7-10(15)5-6-11(12)13(16)18/h5-7,9,17H,8,15H2,1-4H3,(H2,16,18). The van der Waals surface area contributed by atoms with Gasteiger partial charge in [-0.2, -0.15) is 0 Å². The number of rotatable bonds is 5. The molecule has 18 heavy (non-hydrogen) atoms. The highest BCUT2D eigenvalue weighted by atomic mass is 16.1. The van der Waals surface area contributed by atoms with E-state index in [9.17, 15) is 4.79 Å². The molecule has 0 aliphatic rings. The molecule has 0 unspecified atom stereocenters. The van der Waals surface area contributed by atoms with E-state index < -0.39 is 5.91 Å². The van der Waals surface area contributed by atoms with Crippen molar-refractivity contribution in [3.8, 4) is 0 Å². The van der Waals surface area contributed by atoms with Gasteiger partial charge in [0.05, 0.1) is 5.56 Å². The first-order valence-electron chi connectivity index (χ1n) is 6.17. The summed E-state index contributed by atoms with van der Waals surface area (Å²) in [6, 6.07) is 5.08. The summed E-state index contributed by atoms with van der Waals surface area (Å²) in [5.74, 6) is 0.0861. The van der Waals surface area contributed by atoms with Crippen LogP contribution >= 0.6 is 0 Å². The van der Waals surface area contributed by atoms with Crippen LogP contribution in [0.25, 0.3) is 0 Å². The van der Waals surface area contributed by atoms with Gasteiger partial charge < -0.3 is 16.8 Å². The van der Waals surface area contributed by atoms with E-state index in [1.807, 2.05) is 0 Å². The molecule has 0 atom stereocenters. The molecule has 0 spiro atoms. The third kappa shape index (κ3) is 3.39. The van der Waals surface area contributed by atoms with E-state index in [0.29, 0.717) is 22.9 Å². The van der Waals surface area contributed by atoms with Crippen LogP contribution in [-0.4, -0.2) is 12.5 Å². The maximum absolute atomic E-state index is 11.3. The minimum atomic E-state index is -0.445. The Balaban J connectivity index is 2.90. The number of nitrogens with two attached hydrogens (primary N) is 2. The zero-order chi connectivity index (χ0) is 13.9. The van der Waals surface area contributed by atoms with Crippen LogP contribution in [-0.2, 0) is 0 Å². The first kappa shape index (κ1) is 14.4. The zero-order valence-electron chi connectivity index (χ0n) is 11.6. The van der Waals surface area contributed by atoms with Gasteiger partial charge in [0.2, 0.25) is 0 Å². The number of nitrogens with one attached hydrogen (secondary N) is 1. The molecule has 0 aromatic heterocycles. The number of hydrogen-bond acceptors (Lipinski definition) is 3. The van der Waals surface area contributed by atoms with Crippen molar-refractivity contribution in [3.05, 3.63) is 23.8 Å². The Bertz CT molecular complexity index is 439. The van der Waals surface area contributed by atoms with Gasteiger partial charge in [-0.05, 0) is 29.5 Å². The van der Waals surface area contributed by atoms with Gasteiger partial charge in [0.1, 0.15) is 0 Å². The van der Waals surface area contributed by atoms with Gasteiger partial charge in [-0.25, -0.2) is 0 Å². The lowest BCUT2D eigenvalue weighted by Crippen LogP contribution is -2.29. The van der Waals surface area contributed by atoms with Crippen LogP contribution in [0.2, 0.25) is 0 Å². The predicted octanol–water partition coefficient (Wildman–Crippen LogP) is 2.46. The summed E-state index contributed by atoms with van der Waals surface area (Å²) >= 11 is 0. The second kappa shape index (κ2) is 5.29. The fourth-order valence-corrected chi connectivity index (χ4v) is 1.45. The minimum Gasteiger partial charge on any atom is -0.399 e. The summed E-state index contributed by atoms with van der Waals surface area (Å²) < 4.78 is 0. The second-order valence-electron chi connectivity index (χ2n) is 5.67. The first-order chi connectivity index (χ1) is 8.24. The van der Waals surface area contributed by atoms with Crippen LogP contribution < -0.4 is 16.8 Å². The van der Waals surface area contributed by atoms with E-state index in [1.165, 1.54) is 0 Å². The smallest absolute Gasteiger partial charge is 0.250 e. The Kier molecular flexibility index (Phi) is 4.22. The van der Waals surface area contributed by atoms with Gasteiger partial charge in [-0.1, -0.05) is 27.7 Å². The molecule has 1 amide bonds. The number of hydrogen-bond donors (Lipinski definition) is 3. The molecule has 0 aliphatic heterocycles. The fourth-order valence-electron chi connectivity index (χ4n) is 1.45. The van der Waals surface area contributed by atoms with Gasteiger partial charge >= 0.3 is 0 Å². The molecule has 100 valence electrons. The molecule has 1 aromatic carbocycles. The van der Waals surface area contributed by atoms with E-state index >= 15 is 0 Å². The third-order valence-corrected chi connectivity index (χ3v) is 3.61. The molecule has 0 saturated heterocycles. The van der Waals surface area contributed by atoms with Crippen LogP contribution in [0.1, 0.15) is 38.1 Å². The highest BCUT2D eigenvalue weighted by molar-refractivity contribution is 5.99. The molecule has 5 N–H and O–H groups in total. The van der Waals surface area contributed by atoms with Crippen molar-refractivity contribution in [2.75, 3.05) is 17.6 Å². The van der Waals surface area contributed by atoms with Crippen LogP contribution in [0.3, 0.4) is 0 Å². The lowest BCUT2D eigenvalue weighted by molar-refractivity contribution is 0.100. The summed E-state index contributed by atoms with van der Waals surface area (Å²) in [5, 5.41) is 3.28. The molecule has 0 bridgehead atoms. The summed E-state index contributed by atoms with van der Waals surface area (Å²) in [6.45, 7) is 9.47. The molecule has 0 saturated carbocycles. The Morgan fingerprint density at radius 1 is 1.39 bits per heavy atom. The van der Waals surface area contributed by atoms with Gasteiger partial charge in [0.15, 0.2) is 0 Å². The van der Waals surface area contributed by atoms with Gasteiger partial charge in [-0.15, -0.1) is 0 Å². The summed E-state index contributed by atoms with van der Waals surface area (Å²) in [4.78, 5) is 11.3. The van der Waals surface area contributed by atoms with Crippen molar-refractivity contribution in [2.45, 2.75) is 27.7 Å². The third-order valence-electron chi connectivity index (χ3n) is 3.61. The molecule has 0 heterocycles. The van der Waals surface area contributed by atoms with Gasteiger partial charge in [0.25, 0.3) is 5.91 Å².